The van der Waals surface area contributed by atoms with Crippen molar-refractivity contribution in [3.8, 4) is 0 Å². The van der Waals surface area contributed by atoms with Crippen molar-refractivity contribution in [2.24, 2.45) is 0 Å². The third-order valence-corrected chi connectivity index (χ3v) is 8.24. The van der Waals surface area contributed by atoms with Gasteiger partial charge in [-0.15, -0.1) is 0 Å². The highest BCUT2D eigenvalue weighted by Crippen LogP contribution is 2.36. The van der Waals surface area contributed by atoms with Crippen molar-refractivity contribution in [1.82, 2.24) is 0 Å². The number of benzene rings is 1. The van der Waals surface area contributed by atoms with Crippen molar-refractivity contribution < 1.29 is 9.53 Å². The first-order valence-electron chi connectivity index (χ1n) is 7.39. The van der Waals surface area contributed by atoms with Crippen LogP contribution in [-0.2, 0) is 9.53 Å². The van der Waals surface area contributed by atoms with E-state index in [-0.39, 0.29) is 11.5 Å². The molecule has 20 heavy (non-hydrogen) atoms. The van der Waals surface area contributed by atoms with Crippen molar-refractivity contribution in [3.05, 3.63) is 42.0 Å². The summed E-state index contributed by atoms with van der Waals surface area (Å²) in [6, 6.07) is 10.5. The Balaban J connectivity index is 2.40. The molecule has 0 bridgehead atoms. The minimum absolute atomic E-state index is 0.0461. The molecule has 0 N–H and O–H groups in total. The molecule has 1 aliphatic rings. The van der Waals surface area contributed by atoms with Crippen LogP contribution in [0.15, 0.2) is 42.0 Å². The van der Waals surface area contributed by atoms with Crippen LogP contribution in [0.4, 0.5) is 0 Å². The molecule has 0 heterocycles. The van der Waals surface area contributed by atoms with Crippen molar-refractivity contribution >= 4 is 19.2 Å². The van der Waals surface area contributed by atoms with Gasteiger partial charge < -0.3 is 4.74 Å². The van der Waals surface area contributed by atoms with E-state index in [0.717, 1.165) is 12.8 Å². The standard InChI is InChI=1S/C17H24O2Si/c1-19-17(18)16(14-10-6-4-7-11-14)20(2,3)15-12-8-5-9-13-15/h5,8-10,12-13,16H,4,6-7,11H2,1-3H3/t16-/m1/s1. The molecule has 0 amide bonds. The van der Waals surface area contributed by atoms with Gasteiger partial charge in [0.15, 0.2) is 0 Å². The van der Waals surface area contributed by atoms with Crippen LogP contribution in [0.3, 0.4) is 0 Å². The molecule has 0 radical (unpaired) electrons. The van der Waals surface area contributed by atoms with Gasteiger partial charge >= 0.3 is 5.97 Å². The minimum Gasteiger partial charge on any atom is -0.469 e. The summed E-state index contributed by atoms with van der Waals surface area (Å²) in [5, 5.41) is 1.32. The Kier molecular flexibility index (Phi) is 4.81. The molecule has 2 rings (SSSR count). The van der Waals surface area contributed by atoms with Crippen LogP contribution in [0.5, 0.6) is 0 Å². The maximum Gasteiger partial charge on any atom is 0.310 e. The Labute approximate surface area is 122 Å². The van der Waals surface area contributed by atoms with Crippen LogP contribution < -0.4 is 5.19 Å². The smallest absolute Gasteiger partial charge is 0.310 e. The number of hydrogen-bond acceptors (Lipinski definition) is 2. The third kappa shape index (κ3) is 3.03. The fourth-order valence-electron chi connectivity index (χ4n) is 3.19. The molecular formula is C17H24O2Si. The van der Waals surface area contributed by atoms with Crippen molar-refractivity contribution in [2.75, 3.05) is 7.11 Å². The van der Waals surface area contributed by atoms with E-state index < -0.39 is 8.07 Å². The fourth-order valence-corrected chi connectivity index (χ4v) is 6.47. The van der Waals surface area contributed by atoms with Crippen LogP contribution in [0.2, 0.25) is 18.6 Å². The molecule has 0 fully saturated rings. The Morgan fingerprint density at radius 1 is 1.20 bits per heavy atom. The van der Waals surface area contributed by atoms with Crippen molar-refractivity contribution in [3.63, 3.8) is 0 Å². The van der Waals surface area contributed by atoms with E-state index in [1.165, 1.54) is 30.7 Å². The largest absolute Gasteiger partial charge is 0.469 e. The number of rotatable bonds is 4. The second-order valence-corrected chi connectivity index (χ2v) is 10.7. The van der Waals surface area contributed by atoms with Gasteiger partial charge in [-0.25, -0.2) is 0 Å². The van der Waals surface area contributed by atoms with E-state index in [2.05, 4.69) is 43.4 Å². The maximum absolute atomic E-state index is 12.4. The van der Waals surface area contributed by atoms with Gasteiger partial charge in [-0.1, -0.05) is 60.3 Å². The SMILES string of the molecule is COC(=O)[C@@H](C1=CCCCC1)[Si](C)(C)c1ccccc1. The van der Waals surface area contributed by atoms with E-state index in [9.17, 15) is 4.79 Å². The van der Waals surface area contributed by atoms with E-state index in [0.29, 0.717) is 0 Å². The molecule has 1 aromatic rings. The normalized spacial score (nSPS) is 17.2. The summed E-state index contributed by atoms with van der Waals surface area (Å²) < 4.78 is 5.13. The lowest BCUT2D eigenvalue weighted by Crippen LogP contribution is -2.49. The number of esters is 1. The molecule has 0 aromatic heterocycles. The summed E-state index contributed by atoms with van der Waals surface area (Å²) in [7, 11) is -0.415. The Morgan fingerprint density at radius 3 is 2.45 bits per heavy atom. The fraction of sp³-hybridized carbons (Fsp3) is 0.471. The van der Waals surface area contributed by atoms with Crippen LogP contribution in [-0.4, -0.2) is 21.2 Å². The number of carbonyl (C=O) groups excluding carboxylic acids is 1. The van der Waals surface area contributed by atoms with E-state index in [1.807, 2.05) is 6.07 Å². The molecule has 1 aliphatic carbocycles. The van der Waals surface area contributed by atoms with Gasteiger partial charge in [0.1, 0.15) is 8.07 Å². The number of hydrogen-bond donors (Lipinski definition) is 0. The lowest BCUT2D eigenvalue weighted by atomic mass is 9.97. The first-order chi connectivity index (χ1) is 9.57. The van der Waals surface area contributed by atoms with Gasteiger partial charge in [0.25, 0.3) is 0 Å². The van der Waals surface area contributed by atoms with E-state index in [4.69, 9.17) is 4.74 Å². The molecule has 2 nitrogen and oxygen atoms in total. The van der Waals surface area contributed by atoms with Gasteiger partial charge in [-0.05, 0) is 25.7 Å². The average Bonchev–Trinajstić information content (AvgIpc) is 2.49. The molecule has 1 atom stereocenters. The van der Waals surface area contributed by atoms with Crippen molar-refractivity contribution in [1.29, 1.82) is 0 Å². The molecule has 3 heteroatoms. The molecule has 1 aromatic carbocycles. The highest BCUT2D eigenvalue weighted by atomic mass is 28.3. The second kappa shape index (κ2) is 6.40. The zero-order chi connectivity index (χ0) is 14.6. The lowest BCUT2D eigenvalue weighted by molar-refractivity contribution is -0.139. The second-order valence-electron chi connectivity index (χ2n) is 6.07. The van der Waals surface area contributed by atoms with Gasteiger partial charge in [-0.2, -0.15) is 0 Å². The molecule has 108 valence electrons. The molecule has 0 saturated carbocycles. The first-order valence-corrected chi connectivity index (χ1v) is 10.5. The summed E-state index contributed by atoms with van der Waals surface area (Å²) in [4.78, 5) is 12.4. The minimum atomic E-state index is -1.92. The van der Waals surface area contributed by atoms with Crippen molar-refractivity contribution in [2.45, 2.75) is 44.3 Å². The maximum atomic E-state index is 12.4. The third-order valence-electron chi connectivity index (χ3n) is 4.37. The highest BCUT2D eigenvalue weighted by molar-refractivity contribution is 6.93. The Morgan fingerprint density at radius 2 is 1.90 bits per heavy atom. The van der Waals surface area contributed by atoms with Gasteiger partial charge in [0.2, 0.25) is 0 Å². The summed E-state index contributed by atoms with van der Waals surface area (Å²) >= 11 is 0. The summed E-state index contributed by atoms with van der Waals surface area (Å²) in [6.45, 7) is 4.55. The summed E-state index contributed by atoms with van der Waals surface area (Å²) in [5.41, 5.74) is 1.26. The summed E-state index contributed by atoms with van der Waals surface area (Å²) in [5.74, 6) is -0.0568. The zero-order valence-corrected chi connectivity index (χ0v) is 13.7. The predicted octanol–water partition coefficient (Wildman–Crippen LogP) is 3.65. The first kappa shape index (κ1) is 15.0. The van der Waals surface area contributed by atoms with Crippen LogP contribution in [0.1, 0.15) is 25.7 Å². The number of methoxy groups -OCH3 is 1. The molecule has 0 aliphatic heterocycles. The molecular weight excluding hydrogens is 264 g/mol. The predicted molar refractivity (Wildman–Crippen MR) is 85.9 cm³/mol. The quantitative estimate of drug-likeness (QED) is 0.480. The number of allylic oxidation sites excluding steroid dienone is 1. The number of ether oxygens (including phenoxy) is 1. The van der Waals surface area contributed by atoms with E-state index in [1.54, 1.807) is 0 Å². The lowest BCUT2D eigenvalue weighted by Gasteiger charge is -2.34. The van der Waals surface area contributed by atoms with Crippen LogP contribution in [0, 0.1) is 0 Å². The Bertz CT molecular complexity index is 491. The summed E-state index contributed by atoms with van der Waals surface area (Å²) in [6.07, 6.45) is 6.86. The van der Waals surface area contributed by atoms with Gasteiger partial charge in [-0.3, -0.25) is 4.79 Å². The topological polar surface area (TPSA) is 26.3 Å². The number of carbonyl (C=O) groups is 1. The van der Waals surface area contributed by atoms with Gasteiger partial charge in [0.05, 0.1) is 12.7 Å². The molecule has 0 spiro atoms. The zero-order valence-electron chi connectivity index (χ0n) is 12.7. The van der Waals surface area contributed by atoms with Crippen LogP contribution in [0.25, 0.3) is 0 Å². The molecule has 0 saturated heterocycles. The Hall–Kier alpha value is -1.35. The monoisotopic (exact) mass is 288 g/mol. The average molecular weight is 288 g/mol. The highest BCUT2D eigenvalue weighted by Gasteiger charge is 2.41. The molecule has 0 unspecified atom stereocenters. The van der Waals surface area contributed by atoms with Crippen LogP contribution >= 0.6 is 0 Å². The van der Waals surface area contributed by atoms with Gasteiger partial charge in [0, 0.05) is 0 Å². The van der Waals surface area contributed by atoms with E-state index >= 15 is 0 Å².